The fourth-order valence-electron chi connectivity index (χ4n) is 1.06. The second kappa shape index (κ2) is 5.02. The van der Waals surface area contributed by atoms with Crippen molar-refractivity contribution in [3.8, 4) is 0 Å². The third kappa shape index (κ3) is 2.80. The van der Waals surface area contributed by atoms with Crippen molar-refractivity contribution in [2.45, 2.75) is 26.8 Å². The third-order valence-electron chi connectivity index (χ3n) is 1.75. The highest BCUT2D eigenvalue weighted by molar-refractivity contribution is 5.95. The lowest BCUT2D eigenvalue weighted by molar-refractivity contribution is -0.127. The van der Waals surface area contributed by atoms with E-state index in [1.807, 2.05) is 18.7 Å². The van der Waals surface area contributed by atoms with Crippen LogP contribution in [0.5, 0.6) is 0 Å². The van der Waals surface area contributed by atoms with Gasteiger partial charge in [-0.25, -0.2) is 0 Å². The molecule has 1 atom stereocenters. The highest BCUT2D eigenvalue weighted by Crippen LogP contribution is 1.96. The fraction of sp³-hybridized carbons (Fsp3) is 0.750. The number of hydrogen-bond acceptors (Lipinski definition) is 3. The number of likely N-dealkylation sites (N-methyl/N-ethyl adjacent to an activating group) is 1. The van der Waals surface area contributed by atoms with Crippen molar-refractivity contribution in [1.29, 1.82) is 0 Å². The molecule has 0 rings (SSSR count). The maximum absolute atomic E-state index is 10.9. The van der Waals surface area contributed by atoms with Gasteiger partial charge in [0.2, 0.25) is 0 Å². The van der Waals surface area contributed by atoms with Gasteiger partial charge in [0.25, 0.3) is 0 Å². The van der Waals surface area contributed by atoms with Crippen LogP contribution in [0, 0.1) is 0 Å². The molecule has 0 fully saturated rings. The summed E-state index contributed by atoms with van der Waals surface area (Å²) < 4.78 is 0. The van der Waals surface area contributed by atoms with Crippen molar-refractivity contribution >= 4 is 12.1 Å². The Morgan fingerprint density at radius 1 is 1.45 bits per heavy atom. The van der Waals surface area contributed by atoms with Crippen molar-refractivity contribution in [1.82, 2.24) is 4.90 Å². The maximum Gasteiger partial charge on any atom is 0.154 e. The lowest BCUT2D eigenvalue weighted by atomic mass is 10.2. The molecule has 0 saturated heterocycles. The summed E-state index contributed by atoms with van der Waals surface area (Å²) >= 11 is 0. The van der Waals surface area contributed by atoms with Crippen LogP contribution in [0.4, 0.5) is 0 Å². The van der Waals surface area contributed by atoms with Gasteiger partial charge in [-0.2, -0.15) is 0 Å². The molecule has 1 unspecified atom stereocenters. The van der Waals surface area contributed by atoms with Crippen LogP contribution in [0.1, 0.15) is 20.8 Å². The lowest BCUT2D eigenvalue weighted by Gasteiger charge is -2.22. The molecular formula is C8H15NO2. The Bertz CT molecular complexity index is 141. The molecule has 64 valence electrons. The summed E-state index contributed by atoms with van der Waals surface area (Å²) in [5.41, 5.74) is 0. The largest absolute Gasteiger partial charge is 0.301 e. The van der Waals surface area contributed by atoms with Crippen molar-refractivity contribution < 1.29 is 9.59 Å². The summed E-state index contributed by atoms with van der Waals surface area (Å²) in [4.78, 5) is 23.1. The molecule has 0 heterocycles. The number of nitrogens with zero attached hydrogens (tertiary/aromatic N) is 1. The van der Waals surface area contributed by atoms with E-state index in [2.05, 4.69) is 0 Å². The second-order valence-electron chi connectivity index (χ2n) is 2.41. The van der Waals surface area contributed by atoms with Gasteiger partial charge in [-0.15, -0.1) is 0 Å². The zero-order chi connectivity index (χ0) is 8.85. The Labute approximate surface area is 67.4 Å². The summed E-state index contributed by atoms with van der Waals surface area (Å²) in [6.45, 7) is 6.78. The van der Waals surface area contributed by atoms with Crippen molar-refractivity contribution in [2.24, 2.45) is 0 Å². The van der Waals surface area contributed by atoms with Crippen molar-refractivity contribution in [3.63, 3.8) is 0 Å². The Balaban J connectivity index is 4.20. The van der Waals surface area contributed by atoms with Crippen molar-refractivity contribution in [2.75, 3.05) is 13.1 Å². The second-order valence-corrected chi connectivity index (χ2v) is 2.41. The predicted octanol–water partition coefficient (Wildman–Crippen LogP) is 0.485. The van der Waals surface area contributed by atoms with Gasteiger partial charge in [-0.05, 0) is 20.0 Å². The van der Waals surface area contributed by atoms with Crippen LogP contribution in [-0.2, 0) is 9.59 Å². The van der Waals surface area contributed by atoms with E-state index in [1.165, 1.54) is 6.92 Å². The molecule has 0 aliphatic rings. The molecule has 0 N–H and O–H groups in total. The van der Waals surface area contributed by atoms with E-state index in [1.54, 1.807) is 0 Å². The van der Waals surface area contributed by atoms with E-state index >= 15 is 0 Å². The highest BCUT2D eigenvalue weighted by atomic mass is 16.1. The Morgan fingerprint density at radius 2 is 1.91 bits per heavy atom. The van der Waals surface area contributed by atoms with Crippen molar-refractivity contribution in [3.05, 3.63) is 0 Å². The van der Waals surface area contributed by atoms with E-state index in [0.717, 1.165) is 13.1 Å². The monoisotopic (exact) mass is 157 g/mol. The van der Waals surface area contributed by atoms with Gasteiger partial charge in [0.05, 0.1) is 0 Å². The van der Waals surface area contributed by atoms with E-state index in [0.29, 0.717) is 6.29 Å². The predicted molar refractivity (Wildman–Crippen MR) is 43.5 cm³/mol. The summed E-state index contributed by atoms with van der Waals surface area (Å²) in [7, 11) is 0. The zero-order valence-corrected chi connectivity index (χ0v) is 7.33. The summed E-state index contributed by atoms with van der Waals surface area (Å²) in [5, 5.41) is 0. The molecule has 0 aromatic carbocycles. The zero-order valence-electron chi connectivity index (χ0n) is 7.33. The van der Waals surface area contributed by atoms with Crippen LogP contribution in [-0.4, -0.2) is 36.1 Å². The minimum absolute atomic E-state index is 0.0799. The smallest absolute Gasteiger partial charge is 0.154 e. The topological polar surface area (TPSA) is 37.4 Å². The number of carbonyl (C=O) groups is 2. The van der Waals surface area contributed by atoms with Gasteiger partial charge in [0.1, 0.15) is 12.3 Å². The van der Waals surface area contributed by atoms with Gasteiger partial charge >= 0.3 is 0 Å². The molecular weight excluding hydrogens is 142 g/mol. The number of carbonyl (C=O) groups excluding carboxylic acids is 2. The molecule has 0 radical (unpaired) electrons. The molecule has 0 aliphatic carbocycles. The van der Waals surface area contributed by atoms with Crippen LogP contribution in [0.3, 0.4) is 0 Å². The standard InChI is InChI=1S/C8H15NO2/c1-4-9(5-2)8(6-10)7(3)11/h6,8H,4-5H2,1-3H3. The molecule has 0 bridgehead atoms. The van der Waals surface area contributed by atoms with Crippen LogP contribution >= 0.6 is 0 Å². The Kier molecular flexibility index (Phi) is 4.70. The molecule has 0 aliphatic heterocycles. The summed E-state index contributed by atoms with van der Waals surface area (Å²) in [5.74, 6) is -0.0799. The minimum Gasteiger partial charge on any atom is -0.301 e. The van der Waals surface area contributed by atoms with Crippen LogP contribution in [0.25, 0.3) is 0 Å². The first kappa shape index (κ1) is 10.3. The number of rotatable bonds is 5. The van der Waals surface area contributed by atoms with Gasteiger partial charge < -0.3 is 4.79 Å². The van der Waals surface area contributed by atoms with E-state index in [9.17, 15) is 9.59 Å². The van der Waals surface area contributed by atoms with Crippen LogP contribution < -0.4 is 0 Å². The average Bonchev–Trinajstić information content (AvgIpc) is 1.99. The number of Topliss-reactive ketones (excluding diaryl/α,β-unsaturated/α-hetero) is 1. The van der Waals surface area contributed by atoms with E-state index < -0.39 is 6.04 Å². The number of aldehydes is 1. The lowest BCUT2D eigenvalue weighted by Crippen LogP contribution is -2.41. The Morgan fingerprint density at radius 3 is 2.00 bits per heavy atom. The van der Waals surface area contributed by atoms with Gasteiger partial charge in [-0.1, -0.05) is 13.8 Å². The molecule has 0 aromatic heterocycles. The molecule has 0 aromatic rings. The summed E-state index contributed by atoms with van der Waals surface area (Å²) in [6, 6.07) is -0.537. The molecule has 3 nitrogen and oxygen atoms in total. The van der Waals surface area contributed by atoms with E-state index in [4.69, 9.17) is 0 Å². The maximum atomic E-state index is 10.9. The molecule has 0 spiro atoms. The average molecular weight is 157 g/mol. The van der Waals surface area contributed by atoms with Crippen LogP contribution in [0.2, 0.25) is 0 Å². The Hall–Kier alpha value is -0.700. The highest BCUT2D eigenvalue weighted by Gasteiger charge is 2.18. The number of hydrogen-bond donors (Lipinski definition) is 0. The first-order valence-corrected chi connectivity index (χ1v) is 3.87. The molecule has 0 saturated carbocycles. The normalized spacial score (nSPS) is 13.1. The third-order valence-corrected chi connectivity index (χ3v) is 1.75. The SMILES string of the molecule is CCN(CC)C(C=O)C(C)=O. The number of ketones is 1. The molecule has 11 heavy (non-hydrogen) atoms. The van der Waals surface area contributed by atoms with Gasteiger partial charge in [0.15, 0.2) is 5.78 Å². The first-order valence-electron chi connectivity index (χ1n) is 3.87. The van der Waals surface area contributed by atoms with E-state index in [-0.39, 0.29) is 5.78 Å². The molecule has 3 heteroatoms. The molecule has 0 amide bonds. The first-order chi connectivity index (χ1) is 5.17. The summed E-state index contributed by atoms with van der Waals surface area (Å²) in [6.07, 6.45) is 0.704. The van der Waals surface area contributed by atoms with Gasteiger partial charge in [0, 0.05) is 0 Å². The fourth-order valence-corrected chi connectivity index (χ4v) is 1.06. The van der Waals surface area contributed by atoms with Crippen LogP contribution in [0.15, 0.2) is 0 Å². The minimum atomic E-state index is -0.537. The quantitative estimate of drug-likeness (QED) is 0.430. The van der Waals surface area contributed by atoms with Gasteiger partial charge in [-0.3, -0.25) is 9.69 Å².